The highest BCUT2D eigenvalue weighted by Crippen LogP contribution is 2.26. The zero-order chi connectivity index (χ0) is 15.5. The predicted octanol–water partition coefficient (Wildman–Crippen LogP) is 2.43. The van der Waals surface area contributed by atoms with Crippen molar-refractivity contribution in [2.24, 2.45) is 7.05 Å². The molecule has 1 amide bonds. The summed E-state index contributed by atoms with van der Waals surface area (Å²) < 4.78 is 7.49. The number of nitrogens with zero attached hydrogens (tertiary/aromatic N) is 3. The molecule has 0 saturated heterocycles. The van der Waals surface area contributed by atoms with Gasteiger partial charge in [-0.3, -0.25) is 9.48 Å². The average Bonchev–Trinajstić information content (AvgIpc) is 2.79. The number of carbonyl (C=O) groups excluding carboxylic acids is 1. The van der Waals surface area contributed by atoms with Crippen molar-refractivity contribution in [1.82, 2.24) is 14.7 Å². The average molecular weight is 320 g/mol. The second-order valence-corrected chi connectivity index (χ2v) is 5.80. The van der Waals surface area contributed by atoms with Crippen LogP contribution in [-0.2, 0) is 24.8 Å². The van der Waals surface area contributed by atoms with Crippen LogP contribution in [0.15, 0.2) is 30.5 Å². The van der Waals surface area contributed by atoms with Crippen LogP contribution in [-0.4, -0.2) is 33.7 Å². The van der Waals surface area contributed by atoms with E-state index in [1.807, 2.05) is 30.1 Å². The number of halogens is 1. The normalized spacial score (nSPS) is 14.2. The van der Waals surface area contributed by atoms with E-state index in [1.165, 1.54) is 0 Å². The summed E-state index contributed by atoms with van der Waals surface area (Å²) in [5, 5.41) is 4.78. The molecule has 0 N–H and O–H groups in total. The molecule has 116 valence electrons. The van der Waals surface area contributed by atoms with Gasteiger partial charge in [-0.25, -0.2) is 0 Å². The Labute approximate surface area is 134 Å². The summed E-state index contributed by atoms with van der Waals surface area (Å²) in [4.78, 5) is 14.3. The van der Waals surface area contributed by atoms with Gasteiger partial charge in [-0.1, -0.05) is 11.6 Å². The first kappa shape index (κ1) is 14.9. The number of amides is 1. The molecule has 0 saturated carbocycles. The van der Waals surface area contributed by atoms with Crippen LogP contribution >= 0.6 is 11.6 Å². The fourth-order valence-corrected chi connectivity index (χ4v) is 2.81. The highest BCUT2D eigenvalue weighted by atomic mass is 35.5. The van der Waals surface area contributed by atoms with Crippen LogP contribution in [0.3, 0.4) is 0 Å². The van der Waals surface area contributed by atoms with Gasteiger partial charge in [-0.2, -0.15) is 5.10 Å². The lowest BCUT2D eigenvalue weighted by atomic mass is 10.1. The number of benzene rings is 1. The molecule has 0 atom stereocenters. The van der Waals surface area contributed by atoms with E-state index in [2.05, 4.69) is 5.10 Å². The number of carbonyl (C=O) groups is 1. The van der Waals surface area contributed by atoms with Gasteiger partial charge in [0.05, 0.1) is 6.54 Å². The number of hydrogen-bond donors (Lipinski definition) is 0. The highest BCUT2D eigenvalue weighted by Gasteiger charge is 2.20. The lowest BCUT2D eigenvalue weighted by molar-refractivity contribution is -0.131. The first-order chi connectivity index (χ1) is 10.6. The largest absolute Gasteiger partial charge is 0.491 e. The summed E-state index contributed by atoms with van der Waals surface area (Å²) in [6, 6.07) is 7.47. The van der Waals surface area contributed by atoms with Crippen LogP contribution < -0.4 is 4.74 Å². The Bertz CT molecular complexity index is 684. The molecule has 0 bridgehead atoms. The van der Waals surface area contributed by atoms with E-state index < -0.39 is 0 Å². The fourth-order valence-electron chi connectivity index (χ4n) is 2.62. The maximum absolute atomic E-state index is 12.5. The Morgan fingerprint density at radius 1 is 1.41 bits per heavy atom. The molecule has 1 aliphatic heterocycles. The minimum absolute atomic E-state index is 0.123. The number of fused-ring (bicyclic) bond motifs is 1. The molecule has 5 nitrogen and oxygen atoms in total. The molecule has 1 aliphatic rings. The topological polar surface area (TPSA) is 47.4 Å². The fraction of sp³-hybridized carbons (Fsp3) is 0.375. The number of aromatic nitrogens is 2. The molecule has 2 heterocycles. The van der Waals surface area contributed by atoms with Crippen molar-refractivity contribution >= 4 is 17.5 Å². The Balaban J connectivity index is 1.66. The van der Waals surface area contributed by atoms with Crippen molar-refractivity contribution in [3.05, 3.63) is 46.7 Å². The number of hydrogen-bond acceptors (Lipinski definition) is 3. The van der Waals surface area contributed by atoms with Crippen LogP contribution in [0, 0.1) is 0 Å². The lowest BCUT2D eigenvalue weighted by Crippen LogP contribution is -2.32. The zero-order valence-corrected chi connectivity index (χ0v) is 13.2. The van der Waals surface area contributed by atoms with Gasteiger partial charge in [0.15, 0.2) is 0 Å². The van der Waals surface area contributed by atoms with Crippen LogP contribution in [0.2, 0.25) is 5.02 Å². The Morgan fingerprint density at radius 2 is 2.27 bits per heavy atom. The van der Waals surface area contributed by atoms with Crippen molar-refractivity contribution in [3.63, 3.8) is 0 Å². The quantitative estimate of drug-likeness (QED) is 0.873. The molecule has 0 unspecified atom stereocenters. The Morgan fingerprint density at radius 3 is 3.05 bits per heavy atom. The minimum atomic E-state index is 0.123. The van der Waals surface area contributed by atoms with Crippen molar-refractivity contribution in [2.75, 3.05) is 13.2 Å². The molecule has 0 spiro atoms. The van der Waals surface area contributed by atoms with Gasteiger partial charge >= 0.3 is 0 Å². The first-order valence-corrected chi connectivity index (χ1v) is 7.67. The van der Waals surface area contributed by atoms with E-state index in [0.29, 0.717) is 37.6 Å². The van der Waals surface area contributed by atoms with Crippen LogP contribution in [0.1, 0.15) is 17.7 Å². The van der Waals surface area contributed by atoms with Gasteiger partial charge in [0, 0.05) is 42.5 Å². The van der Waals surface area contributed by atoms with E-state index in [4.69, 9.17) is 16.3 Å². The van der Waals surface area contributed by atoms with E-state index in [0.717, 1.165) is 17.0 Å². The van der Waals surface area contributed by atoms with Crippen molar-refractivity contribution in [3.8, 4) is 5.75 Å². The number of ether oxygens (including phenoxy) is 1. The van der Waals surface area contributed by atoms with Crippen LogP contribution in [0.4, 0.5) is 0 Å². The molecule has 0 fully saturated rings. The number of rotatable bonds is 3. The summed E-state index contributed by atoms with van der Waals surface area (Å²) in [5.41, 5.74) is 2.02. The standard InChI is InChI=1S/C16H18ClN3O2/c1-19-14(6-7-18-19)3-5-16(21)20-8-9-22-15-4-2-13(17)10-12(15)11-20/h2,4,6-7,10H,3,5,8-9,11H2,1H3. The van der Waals surface area contributed by atoms with Gasteiger partial charge < -0.3 is 9.64 Å². The van der Waals surface area contributed by atoms with E-state index >= 15 is 0 Å². The summed E-state index contributed by atoms with van der Waals surface area (Å²) in [6.45, 7) is 1.64. The SMILES string of the molecule is Cn1nccc1CCC(=O)N1CCOc2ccc(Cl)cc2C1. The maximum Gasteiger partial charge on any atom is 0.223 e. The molecule has 0 radical (unpaired) electrons. The van der Waals surface area contributed by atoms with E-state index in [9.17, 15) is 4.79 Å². The second kappa shape index (κ2) is 6.40. The third-order valence-electron chi connectivity index (χ3n) is 3.87. The molecule has 3 rings (SSSR count). The maximum atomic E-state index is 12.5. The molecule has 1 aromatic heterocycles. The van der Waals surface area contributed by atoms with E-state index in [-0.39, 0.29) is 5.91 Å². The predicted molar refractivity (Wildman–Crippen MR) is 83.9 cm³/mol. The molecule has 1 aromatic carbocycles. The van der Waals surface area contributed by atoms with Crippen molar-refractivity contribution in [2.45, 2.75) is 19.4 Å². The van der Waals surface area contributed by atoms with Crippen LogP contribution in [0.5, 0.6) is 5.75 Å². The summed E-state index contributed by atoms with van der Waals surface area (Å²) in [5.74, 6) is 0.934. The molecular formula is C16H18ClN3O2. The molecular weight excluding hydrogens is 302 g/mol. The van der Waals surface area contributed by atoms with Gasteiger partial charge in [0.25, 0.3) is 0 Å². The lowest BCUT2D eigenvalue weighted by Gasteiger charge is -2.20. The molecule has 22 heavy (non-hydrogen) atoms. The highest BCUT2D eigenvalue weighted by molar-refractivity contribution is 6.30. The number of aryl methyl sites for hydroxylation is 2. The Kier molecular flexibility index (Phi) is 4.34. The minimum Gasteiger partial charge on any atom is -0.491 e. The third kappa shape index (κ3) is 3.25. The van der Waals surface area contributed by atoms with Gasteiger partial charge in [-0.15, -0.1) is 0 Å². The van der Waals surface area contributed by atoms with Gasteiger partial charge in [0.2, 0.25) is 5.91 Å². The molecule has 0 aliphatic carbocycles. The summed E-state index contributed by atoms with van der Waals surface area (Å²) in [7, 11) is 1.89. The molecule has 2 aromatic rings. The monoisotopic (exact) mass is 319 g/mol. The first-order valence-electron chi connectivity index (χ1n) is 7.29. The summed E-state index contributed by atoms with van der Waals surface area (Å²) in [6.07, 6.45) is 2.91. The zero-order valence-electron chi connectivity index (χ0n) is 12.5. The Hall–Kier alpha value is -2.01. The van der Waals surface area contributed by atoms with Crippen molar-refractivity contribution < 1.29 is 9.53 Å². The third-order valence-corrected chi connectivity index (χ3v) is 4.11. The smallest absolute Gasteiger partial charge is 0.223 e. The summed E-state index contributed by atoms with van der Waals surface area (Å²) >= 11 is 6.03. The van der Waals surface area contributed by atoms with Gasteiger partial charge in [0.1, 0.15) is 12.4 Å². The van der Waals surface area contributed by atoms with Crippen molar-refractivity contribution in [1.29, 1.82) is 0 Å². The second-order valence-electron chi connectivity index (χ2n) is 5.36. The molecule has 6 heteroatoms. The van der Waals surface area contributed by atoms with E-state index in [1.54, 1.807) is 16.9 Å². The van der Waals surface area contributed by atoms with Crippen LogP contribution in [0.25, 0.3) is 0 Å². The van der Waals surface area contributed by atoms with Gasteiger partial charge in [-0.05, 0) is 30.7 Å².